The summed E-state index contributed by atoms with van der Waals surface area (Å²) in [6.45, 7) is -0.522. The Kier molecular flexibility index (Phi) is 3.82. The molecule has 0 saturated heterocycles. The molecule has 0 saturated carbocycles. The van der Waals surface area contributed by atoms with Gasteiger partial charge in [0.05, 0.1) is 18.6 Å². The molecular formula is C10H11F3N2O2. The fraction of sp³-hybridized carbons (Fsp3) is 0.300. The molecule has 7 heteroatoms. The Morgan fingerprint density at radius 1 is 1.35 bits per heavy atom. The molecular weight excluding hydrogens is 237 g/mol. The Bertz CT molecular complexity index is 419. The maximum absolute atomic E-state index is 11.9. The average Bonchev–Trinajstić information content (AvgIpc) is 2.18. The van der Waals surface area contributed by atoms with Gasteiger partial charge < -0.3 is 16.2 Å². The largest absolute Gasteiger partial charge is 0.493 e. The van der Waals surface area contributed by atoms with Crippen LogP contribution in [0.4, 0.5) is 18.9 Å². The minimum Gasteiger partial charge on any atom is -0.493 e. The molecule has 0 spiro atoms. The number of nitrogen functional groups attached to an aromatic ring is 1. The van der Waals surface area contributed by atoms with E-state index >= 15 is 0 Å². The third-order valence-electron chi connectivity index (χ3n) is 1.94. The lowest BCUT2D eigenvalue weighted by molar-refractivity contribution is -0.139. The summed E-state index contributed by atoms with van der Waals surface area (Å²) in [4.78, 5) is 10.9. The third-order valence-corrected chi connectivity index (χ3v) is 1.94. The number of carbonyl (C=O) groups is 1. The zero-order valence-electron chi connectivity index (χ0n) is 8.75. The fourth-order valence-electron chi connectivity index (χ4n) is 1.12. The predicted octanol–water partition coefficient (Wildman–Crippen LogP) is 1.70. The Balaban J connectivity index is 2.67. The van der Waals surface area contributed by atoms with Crippen molar-refractivity contribution in [3.63, 3.8) is 0 Å². The molecule has 1 aromatic rings. The molecule has 0 aliphatic carbocycles. The Morgan fingerprint density at radius 3 is 2.53 bits per heavy atom. The zero-order valence-corrected chi connectivity index (χ0v) is 8.75. The van der Waals surface area contributed by atoms with Crippen LogP contribution in [0.3, 0.4) is 0 Å². The monoisotopic (exact) mass is 248 g/mol. The lowest BCUT2D eigenvalue weighted by Gasteiger charge is -2.10. The number of benzene rings is 1. The zero-order chi connectivity index (χ0) is 13.1. The van der Waals surface area contributed by atoms with Gasteiger partial charge in [0.25, 0.3) is 5.91 Å². The second-order valence-electron chi connectivity index (χ2n) is 3.33. The summed E-state index contributed by atoms with van der Waals surface area (Å²) in [5, 5.41) is 0. The quantitative estimate of drug-likeness (QED) is 0.796. The number of anilines is 1. The molecule has 4 N–H and O–H groups in total. The highest BCUT2D eigenvalue weighted by Crippen LogP contribution is 2.22. The van der Waals surface area contributed by atoms with Gasteiger partial charge in [-0.15, -0.1) is 0 Å². The van der Waals surface area contributed by atoms with Crippen molar-refractivity contribution in [3.8, 4) is 5.75 Å². The van der Waals surface area contributed by atoms with E-state index in [2.05, 4.69) is 0 Å². The van der Waals surface area contributed by atoms with Crippen LogP contribution in [0.2, 0.25) is 0 Å². The van der Waals surface area contributed by atoms with Gasteiger partial charge in [0.15, 0.2) is 0 Å². The molecule has 94 valence electrons. The molecule has 0 heterocycles. The lowest BCUT2D eigenvalue weighted by Crippen LogP contribution is -2.15. The minimum absolute atomic E-state index is 0.0227. The number of nitrogens with two attached hydrogens (primary N) is 2. The molecule has 1 aromatic carbocycles. The van der Waals surface area contributed by atoms with Crippen molar-refractivity contribution in [2.24, 2.45) is 5.73 Å². The smallest absolute Gasteiger partial charge is 0.392 e. The van der Waals surface area contributed by atoms with Crippen LogP contribution in [-0.2, 0) is 0 Å². The van der Waals surface area contributed by atoms with E-state index in [1.54, 1.807) is 0 Å². The third kappa shape index (κ3) is 4.21. The second-order valence-corrected chi connectivity index (χ2v) is 3.33. The van der Waals surface area contributed by atoms with E-state index in [9.17, 15) is 18.0 Å². The Hall–Kier alpha value is -1.92. The number of hydrogen-bond acceptors (Lipinski definition) is 3. The van der Waals surface area contributed by atoms with E-state index in [1.165, 1.54) is 18.2 Å². The van der Waals surface area contributed by atoms with E-state index in [0.717, 1.165) is 0 Å². The van der Waals surface area contributed by atoms with Crippen molar-refractivity contribution >= 4 is 11.6 Å². The standard InChI is InChI=1S/C10H11F3N2O2/c11-10(12,13)3-4-17-6-1-2-8(14)7(5-6)9(15)16/h1-2,5H,3-4,14H2,(H2,15,16). The van der Waals surface area contributed by atoms with Crippen LogP contribution < -0.4 is 16.2 Å². The molecule has 0 bridgehead atoms. The molecule has 4 nitrogen and oxygen atoms in total. The van der Waals surface area contributed by atoms with Gasteiger partial charge in [0.1, 0.15) is 5.75 Å². The number of carbonyl (C=O) groups excluding carboxylic acids is 1. The topological polar surface area (TPSA) is 78.3 Å². The predicted molar refractivity (Wildman–Crippen MR) is 55.5 cm³/mol. The van der Waals surface area contributed by atoms with Gasteiger partial charge in [-0.25, -0.2) is 0 Å². The first-order valence-electron chi connectivity index (χ1n) is 4.68. The molecule has 17 heavy (non-hydrogen) atoms. The van der Waals surface area contributed by atoms with Crippen molar-refractivity contribution in [1.82, 2.24) is 0 Å². The highest BCUT2D eigenvalue weighted by atomic mass is 19.4. The van der Waals surface area contributed by atoms with Crippen molar-refractivity contribution in [2.45, 2.75) is 12.6 Å². The van der Waals surface area contributed by atoms with E-state index in [0.29, 0.717) is 0 Å². The van der Waals surface area contributed by atoms with Gasteiger partial charge in [-0.05, 0) is 18.2 Å². The number of rotatable bonds is 4. The first-order valence-corrected chi connectivity index (χ1v) is 4.68. The van der Waals surface area contributed by atoms with Gasteiger partial charge in [-0.3, -0.25) is 4.79 Å². The highest BCUT2D eigenvalue weighted by molar-refractivity contribution is 5.98. The number of hydrogen-bond donors (Lipinski definition) is 2. The van der Waals surface area contributed by atoms with Gasteiger partial charge in [0.2, 0.25) is 0 Å². The second kappa shape index (κ2) is 4.94. The molecule has 0 unspecified atom stereocenters. The summed E-state index contributed by atoms with van der Waals surface area (Å²) in [6.07, 6.45) is -5.34. The number of alkyl halides is 3. The van der Waals surface area contributed by atoms with Crippen LogP contribution in [-0.4, -0.2) is 18.7 Å². The molecule has 0 fully saturated rings. The lowest BCUT2D eigenvalue weighted by atomic mass is 10.1. The van der Waals surface area contributed by atoms with Crippen LogP contribution in [0.25, 0.3) is 0 Å². The molecule has 0 aromatic heterocycles. The fourth-order valence-corrected chi connectivity index (χ4v) is 1.12. The van der Waals surface area contributed by atoms with E-state index < -0.39 is 25.1 Å². The number of halogens is 3. The van der Waals surface area contributed by atoms with Crippen molar-refractivity contribution < 1.29 is 22.7 Å². The number of primary amides is 1. The minimum atomic E-state index is -4.28. The summed E-state index contributed by atoms with van der Waals surface area (Å²) in [7, 11) is 0. The van der Waals surface area contributed by atoms with Crippen LogP contribution >= 0.6 is 0 Å². The van der Waals surface area contributed by atoms with Gasteiger partial charge >= 0.3 is 6.18 Å². The maximum Gasteiger partial charge on any atom is 0.392 e. The molecule has 0 aliphatic rings. The van der Waals surface area contributed by atoms with Crippen LogP contribution in [0, 0.1) is 0 Å². The number of amides is 1. The first kappa shape index (κ1) is 13.1. The molecule has 0 radical (unpaired) electrons. The van der Waals surface area contributed by atoms with Crippen molar-refractivity contribution in [3.05, 3.63) is 23.8 Å². The summed E-state index contributed by atoms with van der Waals surface area (Å²) in [6, 6.07) is 3.94. The first-order chi connectivity index (χ1) is 7.79. The van der Waals surface area contributed by atoms with Gasteiger partial charge in [-0.2, -0.15) is 13.2 Å². The highest BCUT2D eigenvalue weighted by Gasteiger charge is 2.26. The molecule has 0 atom stereocenters. The Morgan fingerprint density at radius 2 is 2.00 bits per heavy atom. The Labute approximate surface area is 95.3 Å². The number of ether oxygens (including phenoxy) is 1. The van der Waals surface area contributed by atoms with Crippen molar-refractivity contribution in [2.75, 3.05) is 12.3 Å². The van der Waals surface area contributed by atoms with Crippen LogP contribution in [0.5, 0.6) is 5.75 Å². The van der Waals surface area contributed by atoms with Crippen LogP contribution in [0.15, 0.2) is 18.2 Å². The summed E-state index contributed by atoms with van der Waals surface area (Å²) >= 11 is 0. The van der Waals surface area contributed by atoms with Gasteiger partial charge in [-0.1, -0.05) is 0 Å². The van der Waals surface area contributed by atoms with Crippen molar-refractivity contribution in [1.29, 1.82) is 0 Å². The SMILES string of the molecule is NC(=O)c1cc(OCCC(F)(F)F)ccc1N. The molecule has 1 amide bonds. The van der Waals surface area contributed by atoms with Crippen LogP contribution in [0.1, 0.15) is 16.8 Å². The molecule has 1 rings (SSSR count). The summed E-state index contributed by atoms with van der Waals surface area (Å²) in [5.74, 6) is -0.638. The normalized spacial score (nSPS) is 11.2. The molecule has 0 aliphatic heterocycles. The summed E-state index contributed by atoms with van der Waals surface area (Å²) in [5.41, 5.74) is 10.7. The van der Waals surface area contributed by atoms with E-state index in [4.69, 9.17) is 16.2 Å². The summed E-state index contributed by atoms with van der Waals surface area (Å²) < 4.78 is 40.4. The maximum atomic E-state index is 11.9. The van der Waals surface area contributed by atoms with E-state index in [-0.39, 0.29) is 17.0 Å². The average molecular weight is 248 g/mol. The van der Waals surface area contributed by atoms with E-state index in [1.807, 2.05) is 0 Å². The van der Waals surface area contributed by atoms with Gasteiger partial charge in [0, 0.05) is 5.69 Å².